The summed E-state index contributed by atoms with van der Waals surface area (Å²) in [6.45, 7) is 8.68. The van der Waals surface area contributed by atoms with E-state index in [4.69, 9.17) is 0 Å². The maximum absolute atomic E-state index is 4.17. The lowest BCUT2D eigenvalue weighted by molar-refractivity contribution is 1.33. The second-order valence-corrected chi connectivity index (χ2v) is 4.48. The Labute approximate surface area is 96.8 Å². The van der Waals surface area contributed by atoms with Gasteiger partial charge >= 0.3 is 0 Å². The molecule has 0 radical (unpaired) electrons. The van der Waals surface area contributed by atoms with Crippen molar-refractivity contribution in [2.75, 3.05) is 0 Å². The maximum Gasteiger partial charge on any atom is 0.0346 e. The number of rotatable bonds is 1. The van der Waals surface area contributed by atoms with Crippen LogP contribution >= 0.6 is 0 Å². The van der Waals surface area contributed by atoms with Crippen molar-refractivity contribution in [2.45, 2.75) is 27.7 Å². The number of hydrogen-bond acceptors (Lipinski definition) is 1. The zero-order valence-corrected chi connectivity index (χ0v) is 10.3. The largest absolute Gasteiger partial charge is 0.264 e. The molecule has 1 aromatic heterocycles. The van der Waals surface area contributed by atoms with Gasteiger partial charge in [-0.25, -0.2) is 0 Å². The predicted octanol–water partition coefficient (Wildman–Crippen LogP) is 4.36. The number of nitrogens with zero attached hydrogens (tertiary/aromatic N) is 1. The first-order chi connectivity index (χ1) is 7.61. The van der Waals surface area contributed by atoms with Crippen LogP contribution < -0.4 is 0 Å². The molecule has 1 heterocycles. The molecule has 0 aliphatic rings. The van der Waals surface area contributed by atoms with Crippen LogP contribution in [0.25, 0.3) is 16.3 Å². The molecule has 1 aromatic carbocycles. The molecule has 0 aliphatic heterocycles. The smallest absolute Gasteiger partial charge is 0.0346 e. The molecule has 0 spiro atoms. The van der Waals surface area contributed by atoms with Gasteiger partial charge in [-0.05, 0) is 55.8 Å². The van der Waals surface area contributed by atoms with E-state index in [1.807, 2.05) is 12.4 Å². The molecule has 0 amide bonds. The number of aromatic nitrogens is 1. The highest BCUT2D eigenvalue weighted by Crippen LogP contribution is 2.29. The van der Waals surface area contributed by atoms with Crippen molar-refractivity contribution in [3.63, 3.8) is 0 Å². The highest BCUT2D eigenvalue weighted by molar-refractivity contribution is 5.94. The standard InChI is InChI=1S/C15H17N/c1-10(2)12(4)15-11(3)5-6-13-9-16-8-7-14(13)15/h5-9H,1-4H3. The highest BCUT2D eigenvalue weighted by atomic mass is 14.6. The van der Waals surface area contributed by atoms with Gasteiger partial charge in [-0.2, -0.15) is 0 Å². The molecule has 2 aromatic rings. The maximum atomic E-state index is 4.17. The number of fused-ring (bicyclic) bond motifs is 1. The topological polar surface area (TPSA) is 12.9 Å². The van der Waals surface area contributed by atoms with Crippen LogP contribution in [0.1, 0.15) is 31.9 Å². The number of benzene rings is 1. The van der Waals surface area contributed by atoms with Crippen molar-refractivity contribution in [2.24, 2.45) is 0 Å². The molecule has 0 saturated heterocycles. The van der Waals surface area contributed by atoms with Crippen LogP contribution in [0.4, 0.5) is 0 Å². The molecule has 1 nitrogen and oxygen atoms in total. The van der Waals surface area contributed by atoms with E-state index >= 15 is 0 Å². The van der Waals surface area contributed by atoms with Gasteiger partial charge in [0, 0.05) is 17.8 Å². The summed E-state index contributed by atoms with van der Waals surface area (Å²) in [7, 11) is 0. The second-order valence-electron chi connectivity index (χ2n) is 4.48. The Kier molecular flexibility index (Phi) is 2.78. The van der Waals surface area contributed by atoms with Crippen LogP contribution in [0.2, 0.25) is 0 Å². The average Bonchev–Trinajstić information content (AvgIpc) is 2.28. The van der Waals surface area contributed by atoms with Gasteiger partial charge in [0.15, 0.2) is 0 Å². The van der Waals surface area contributed by atoms with Gasteiger partial charge in [0.1, 0.15) is 0 Å². The Morgan fingerprint density at radius 3 is 2.50 bits per heavy atom. The van der Waals surface area contributed by atoms with Gasteiger partial charge in [0.25, 0.3) is 0 Å². The Bertz CT molecular complexity index is 561. The molecule has 0 saturated carbocycles. The lowest BCUT2D eigenvalue weighted by Crippen LogP contribution is -1.90. The minimum atomic E-state index is 1.21. The quantitative estimate of drug-likeness (QED) is 0.683. The Hall–Kier alpha value is -1.63. The highest BCUT2D eigenvalue weighted by Gasteiger charge is 2.07. The predicted molar refractivity (Wildman–Crippen MR) is 70.4 cm³/mol. The molecule has 1 heteroatoms. The van der Waals surface area contributed by atoms with E-state index in [9.17, 15) is 0 Å². The van der Waals surface area contributed by atoms with Crippen molar-refractivity contribution in [3.8, 4) is 0 Å². The Morgan fingerprint density at radius 2 is 1.81 bits per heavy atom. The fourth-order valence-corrected chi connectivity index (χ4v) is 2.03. The number of pyridine rings is 1. The van der Waals surface area contributed by atoms with E-state index in [-0.39, 0.29) is 0 Å². The van der Waals surface area contributed by atoms with E-state index in [0.717, 1.165) is 0 Å². The van der Waals surface area contributed by atoms with Crippen LogP contribution in [0.5, 0.6) is 0 Å². The average molecular weight is 211 g/mol. The Morgan fingerprint density at radius 1 is 1.06 bits per heavy atom. The monoisotopic (exact) mass is 211 g/mol. The summed E-state index contributed by atoms with van der Waals surface area (Å²) in [4.78, 5) is 4.17. The lowest BCUT2D eigenvalue weighted by Gasteiger charge is -2.12. The van der Waals surface area contributed by atoms with Gasteiger partial charge in [0.2, 0.25) is 0 Å². The van der Waals surface area contributed by atoms with Crippen molar-refractivity contribution in [1.82, 2.24) is 4.98 Å². The Balaban J connectivity index is 2.86. The summed E-state index contributed by atoms with van der Waals surface area (Å²) in [5.41, 5.74) is 5.43. The molecule has 0 fully saturated rings. The van der Waals surface area contributed by atoms with Crippen molar-refractivity contribution in [3.05, 3.63) is 47.3 Å². The van der Waals surface area contributed by atoms with Crippen molar-refractivity contribution >= 4 is 16.3 Å². The summed E-state index contributed by atoms with van der Waals surface area (Å²) in [6, 6.07) is 6.41. The van der Waals surface area contributed by atoms with Crippen LogP contribution in [-0.2, 0) is 0 Å². The van der Waals surface area contributed by atoms with Gasteiger partial charge in [-0.15, -0.1) is 0 Å². The van der Waals surface area contributed by atoms with E-state index in [1.54, 1.807) is 0 Å². The second kappa shape index (κ2) is 4.09. The molecule has 0 atom stereocenters. The van der Waals surface area contributed by atoms with E-state index in [1.165, 1.54) is 33.0 Å². The van der Waals surface area contributed by atoms with Gasteiger partial charge in [-0.1, -0.05) is 17.7 Å². The van der Waals surface area contributed by atoms with Crippen LogP contribution in [-0.4, -0.2) is 4.98 Å². The van der Waals surface area contributed by atoms with Crippen LogP contribution in [0, 0.1) is 6.92 Å². The summed E-state index contributed by atoms with van der Waals surface area (Å²) < 4.78 is 0. The summed E-state index contributed by atoms with van der Waals surface area (Å²) in [5.74, 6) is 0. The van der Waals surface area contributed by atoms with Gasteiger partial charge in [0.05, 0.1) is 0 Å². The third-order valence-electron chi connectivity index (χ3n) is 3.15. The van der Waals surface area contributed by atoms with Crippen LogP contribution in [0.15, 0.2) is 36.2 Å². The number of allylic oxidation sites excluding steroid dienone is 2. The summed E-state index contributed by atoms with van der Waals surface area (Å²) >= 11 is 0. The van der Waals surface area contributed by atoms with E-state index < -0.39 is 0 Å². The first-order valence-electron chi connectivity index (χ1n) is 5.59. The molecule has 82 valence electrons. The lowest BCUT2D eigenvalue weighted by atomic mass is 9.93. The SMILES string of the molecule is CC(C)=C(C)c1c(C)ccc2cnccc12. The summed E-state index contributed by atoms with van der Waals surface area (Å²) in [6.07, 6.45) is 3.79. The summed E-state index contributed by atoms with van der Waals surface area (Å²) in [5, 5.41) is 2.51. The molecule has 0 aliphatic carbocycles. The number of aryl methyl sites for hydroxylation is 1. The molecular weight excluding hydrogens is 194 g/mol. The number of hydrogen-bond donors (Lipinski definition) is 0. The van der Waals surface area contributed by atoms with E-state index in [0.29, 0.717) is 0 Å². The van der Waals surface area contributed by atoms with Crippen molar-refractivity contribution in [1.29, 1.82) is 0 Å². The first-order valence-corrected chi connectivity index (χ1v) is 5.59. The zero-order valence-electron chi connectivity index (χ0n) is 10.3. The minimum Gasteiger partial charge on any atom is -0.264 e. The molecule has 0 unspecified atom stereocenters. The fraction of sp³-hybridized carbons (Fsp3) is 0.267. The molecule has 0 bridgehead atoms. The molecule has 0 N–H and O–H groups in total. The van der Waals surface area contributed by atoms with Crippen LogP contribution in [0.3, 0.4) is 0 Å². The third-order valence-corrected chi connectivity index (χ3v) is 3.15. The van der Waals surface area contributed by atoms with E-state index in [2.05, 4.69) is 50.9 Å². The first kappa shape index (κ1) is 10.9. The minimum absolute atomic E-state index is 1.21. The molecule has 16 heavy (non-hydrogen) atoms. The zero-order chi connectivity index (χ0) is 11.7. The normalized spacial score (nSPS) is 10.5. The fourth-order valence-electron chi connectivity index (χ4n) is 2.03. The molecular formula is C15H17N. The third kappa shape index (κ3) is 1.73. The molecule has 2 rings (SSSR count). The van der Waals surface area contributed by atoms with Crippen molar-refractivity contribution < 1.29 is 0 Å². The van der Waals surface area contributed by atoms with Gasteiger partial charge < -0.3 is 0 Å². The van der Waals surface area contributed by atoms with Gasteiger partial charge in [-0.3, -0.25) is 4.98 Å².